The van der Waals surface area contributed by atoms with E-state index in [1.165, 1.54) is 10.6 Å². The molecule has 118 valence electrons. The summed E-state index contributed by atoms with van der Waals surface area (Å²) in [5.74, 6) is 0.802. The van der Waals surface area contributed by atoms with E-state index in [2.05, 4.69) is 34.0 Å². The normalized spacial score (nSPS) is 17.4. The molecule has 0 radical (unpaired) electrons. The molecule has 0 amide bonds. The van der Waals surface area contributed by atoms with Crippen LogP contribution in [0.3, 0.4) is 0 Å². The van der Waals surface area contributed by atoms with Gasteiger partial charge >= 0.3 is 0 Å². The molecule has 0 atom stereocenters. The van der Waals surface area contributed by atoms with Gasteiger partial charge < -0.3 is 10.2 Å². The maximum atomic E-state index is 11.5. The van der Waals surface area contributed by atoms with Crippen molar-refractivity contribution in [3.05, 3.63) is 18.1 Å². The van der Waals surface area contributed by atoms with E-state index < -0.39 is 10.0 Å². The van der Waals surface area contributed by atoms with Gasteiger partial charge in [-0.15, -0.1) is 0 Å². The lowest BCUT2D eigenvalue weighted by Crippen LogP contribution is -2.48. The Hall–Kier alpha value is -1.25. The molecule has 21 heavy (non-hydrogen) atoms. The van der Waals surface area contributed by atoms with Gasteiger partial charge in [0.25, 0.3) is 0 Å². The zero-order valence-corrected chi connectivity index (χ0v) is 13.6. The lowest BCUT2D eigenvalue weighted by molar-refractivity contribution is 0.387. The van der Waals surface area contributed by atoms with E-state index in [1.54, 1.807) is 12.4 Å². The van der Waals surface area contributed by atoms with E-state index in [0.29, 0.717) is 38.8 Å². The molecule has 1 aliphatic rings. The summed E-state index contributed by atoms with van der Waals surface area (Å²) in [5.41, 5.74) is 0.905. The summed E-state index contributed by atoms with van der Waals surface area (Å²) >= 11 is 0. The van der Waals surface area contributed by atoms with Crippen molar-refractivity contribution < 1.29 is 8.42 Å². The molecule has 1 aliphatic heterocycles. The summed E-state index contributed by atoms with van der Waals surface area (Å²) in [4.78, 5) is 10.9. The summed E-state index contributed by atoms with van der Waals surface area (Å²) < 4.78 is 24.4. The predicted molar refractivity (Wildman–Crippen MR) is 82.6 cm³/mol. The van der Waals surface area contributed by atoms with E-state index >= 15 is 0 Å². The Balaban J connectivity index is 1.92. The molecule has 0 bridgehead atoms. The highest BCUT2D eigenvalue weighted by Crippen LogP contribution is 2.13. The maximum absolute atomic E-state index is 11.5. The van der Waals surface area contributed by atoms with Gasteiger partial charge in [0.15, 0.2) is 0 Å². The van der Waals surface area contributed by atoms with Gasteiger partial charge in [-0.3, -0.25) is 4.98 Å². The highest BCUT2D eigenvalue weighted by atomic mass is 32.2. The number of rotatable bonds is 5. The minimum atomic E-state index is -3.09. The summed E-state index contributed by atoms with van der Waals surface area (Å²) in [6.07, 6.45) is 4.78. The first kappa shape index (κ1) is 16.1. The average Bonchev–Trinajstić information content (AvgIpc) is 2.45. The summed E-state index contributed by atoms with van der Waals surface area (Å²) in [5, 5.41) is 3.29. The van der Waals surface area contributed by atoms with E-state index in [4.69, 9.17) is 0 Å². The van der Waals surface area contributed by atoms with Crippen molar-refractivity contribution in [3.63, 3.8) is 0 Å². The van der Waals surface area contributed by atoms with Crippen LogP contribution in [0.25, 0.3) is 0 Å². The van der Waals surface area contributed by atoms with Gasteiger partial charge in [-0.1, -0.05) is 13.8 Å². The average molecular weight is 313 g/mol. The first-order valence-electron chi connectivity index (χ1n) is 7.10. The molecule has 2 rings (SSSR count). The van der Waals surface area contributed by atoms with Crippen LogP contribution in [-0.4, -0.2) is 61.2 Å². The third-order valence-electron chi connectivity index (χ3n) is 3.41. The number of sulfonamides is 1. The van der Waals surface area contributed by atoms with Crippen LogP contribution in [0, 0.1) is 0 Å². The van der Waals surface area contributed by atoms with E-state index in [1.807, 2.05) is 0 Å². The lowest BCUT2D eigenvalue weighted by atomic mass is 10.3. The second-order valence-corrected chi connectivity index (χ2v) is 7.53. The monoisotopic (exact) mass is 313 g/mol. The fourth-order valence-electron chi connectivity index (χ4n) is 2.16. The first-order chi connectivity index (χ1) is 9.86. The van der Waals surface area contributed by atoms with Crippen molar-refractivity contribution in [1.29, 1.82) is 0 Å². The number of nitrogens with one attached hydrogen (secondary N) is 1. The van der Waals surface area contributed by atoms with Gasteiger partial charge in [0, 0.05) is 38.8 Å². The number of aromatic nitrogens is 2. The third-order valence-corrected chi connectivity index (χ3v) is 4.72. The largest absolute Gasteiger partial charge is 0.353 e. The van der Waals surface area contributed by atoms with E-state index in [9.17, 15) is 8.42 Å². The van der Waals surface area contributed by atoms with Gasteiger partial charge in [0.2, 0.25) is 10.0 Å². The number of anilines is 1. The van der Waals surface area contributed by atoms with Crippen LogP contribution in [-0.2, 0) is 16.6 Å². The van der Waals surface area contributed by atoms with Crippen molar-refractivity contribution in [1.82, 2.24) is 19.6 Å². The maximum Gasteiger partial charge on any atom is 0.211 e. The Labute approximate surface area is 126 Å². The molecule has 1 saturated heterocycles. The highest BCUT2D eigenvalue weighted by Gasteiger charge is 2.24. The van der Waals surface area contributed by atoms with Gasteiger partial charge in [0.05, 0.1) is 24.3 Å². The van der Waals surface area contributed by atoms with Crippen LogP contribution in [0.5, 0.6) is 0 Å². The minimum Gasteiger partial charge on any atom is -0.353 e. The Morgan fingerprint density at radius 2 is 1.86 bits per heavy atom. The van der Waals surface area contributed by atoms with Crippen molar-refractivity contribution in [2.45, 2.75) is 26.4 Å². The van der Waals surface area contributed by atoms with Crippen LogP contribution in [0.15, 0.2) is 12.4 Å². The van der Waals surface area contributed by atoms with Gasteiger partial charge in [-0.2, -0.15) is 4.31 Å². The molecule has 0 aliphatic carbocycles. The Morgan fingerprint density at radius 3 is 2.33 bits per heavy atom. The van der Waals surface area contributed by atoms with Gasteiger partial charge in [0.1, 0.15) is 5.82 Å². The molecule has 0 unspecified atom stereocenters. The number of piperazine rings is 1. The summed E-state index contributed by atoms with van der Waals surface area (Å²) in [6.45, 7) is 7.16. The second kappa shape index (κ2) is 6.67. The molecule has 0 aromatic carbocycles. The Kier molecular flexibility index (Phi) is 5.13. The lowest BCUT2D eigenvalue weighted by Gasteiger charge is -2.33. The standard InChI is InChI=1S/C13H23N5O2S/c1-11(2)14-8-12-9-16-13(10-15-12)17-4-6-18(7-5-17)21(3,19)20/h9-11,14H,4-8H2,1-3H3. The van der Waals surface area contributed by atoms with Crippen LogP contribution < -0.4 is 10.2 Å². The first-order valence-corrected chi connectivity index (χ1v) is 8.95. The minimum absolute atomic E-state index is 0.413. The molecule has 2 heterocycles. The zero-order chi connectivity index (χ0) is 15.5. The quantitative estimate of drug-likeness (QED) is 0.828. The molecule has 1 N–H and O–H groups in total. The second-order valence-electron chi connectivity index (χ2n) is 5.55. The van der Waals surface area contributed by atoms with Crippen LogP contribution in [0.2, 0.25) is 0 Å². The van der Waals surface area contributed by atoms with Crippen molar-refractivity contribution in [2.24, 2.45) is 0 Å². The molecule has 8 heteroatoms. The van der Waals surface area contributed by atoms with Gasteiger partial charge in [-0.05, 0) is 0 Å². The topological polar surface area (TPSA) is 78.4 Å². The summed E-state index contributed by atoms with van der Waals surface area (Å²) in [7, 11) is -3.09. The fourth-order valence-corrected chi connectivity index (χ4v) is 2.99. The van der Waals surface area contributed by atoms with Crippen LogP contribution in [0.1, 0.15) is 19.5 Å². The number of hydrogen-bond acceptors (Lipinski definition) is 6. The zero-order valence-electron chi connectivity index (χ0n) is 12.8. The molecule has 1 aromatic heterocycles. The molecule has 1 fully saturated rings. The molecule has 0 spiro atoms. The van der Waals surface area contributed by atoms with Crippen LogP contribution >= 0.6 is 0 Å². The van der Waals surface area contributed by atoms with Gasteiger partial charge in [-0.25, -0.2) is 13.4 Å². The van der Waals surface area contributed by atoms with Crippen molar-refractivity contribution in [3.8, 4) is 0 Å². The van der Waals surface area contributed by atoms with E-state index in [0.717, 1.165) is 11.5 Å². The fraction of sp³-hybridized carbons (Fsp3) is 0.692. The SMILES string of the molecule is CC(C)NCc1cnc(N2CCN(S(C)(=O)=O)CC2)cn1. The predicted octanol–water partition coefficient (Wildman–Crippen LogP) is 0.0562. The van der Waals surface area contributed by atoms with E-state index in [-0.39, 0.29) is 0 Å². The number of hydrogen-bond donors (Lipinski definition) is 1. The van der Waals surface area contributed by atoms with Crippen molar-refractivity contribution >= 4 is 15.8 Å². The summed E-state index contributed by atoms with van der Waals surface area (Å²) in [6, 6.07) is 0.413. The third kappa shape index (κ3) is 4.62. The van der Waals surface area contributed by atoms with Crippen molar-refractivity contribution in [2.75, 3.05) is 37.3 Å². The molecule has 0 saturated carbocycles. The molecular weight excluding hydrogens is 290 g/mol. The van der Waals surface area contributed by atoms with Crippen LogP contribution in [0.4, 0.5) is 5.82 Å². The highest BCUT2D eigenvalue weighted by molar-refractivity contribution is 7.88. The molecular formula is C13H23N5O2S. The molecule has 1 aromatic rings. The smallest absolute Gasteiger partial charge is 0.211 e. The number of nitrogens with zero attached hydrogens (tertiary/aromatic N) is 4. The Morgan fingerprint density at radius 1 is 1.19 bits per heavy atom. The Bertz CT molecular complexity index is 550. The molecule has 7 nitrogen and oxygen atoms in total.